The molecule has 26 heavy (non-hydrogen) atoms. The van der Waals surface area contributed by atoms with Gasteiger partial charge in [-0.1, -0.05) is 19.1 Å². The van der Waals surface area contributed by atoms with E-state index >= 15 is 0 Å². The number of para-hydroxylation sites is 1. The van der Waals surface area contributed by atoms with Crippen molar-refractivity contribution in [2.24, 2.45) is 0 Å². The highest BCUT2D eigenvalue weighted by Gasteiger charge is 2.20. The van der Waals surface area contributed by atoms with Crippen LogP contribution in [0.15, 0.2) is 47.4 Å². The third-order valence-corrected chi connectivity index (χ3v) is 5.45. The standard InChI is InChI=1S/C19H24N2O4S/c1-5-14(3)20-19(22)16-8-6-7-9-17(16)21-26(23,24)15-10-11-18(25-4)13(2)12-15/h6-12,14,21H,5H2,1-4H3,(H,20,22)/t14-/m0/s1. The van der Waals surface area contributed by atoms with Crippen molar-refractivity contribution in [2.45, 2.75) is 38.1 Å². The highest BCUT2D eigenvalue weighted by Crippen LogP contribution is 2.24. The average Bonchev–Trinajstić information content (AvgIpc) is 2.61. The molecule has 0 aliphatic rings. The second-order valence-corrected chi connectivity index (χ2v) is 7.75. The average molecular weight is 376 g/mol. The number of aryl methyl sites for hydroxylation is 1. The Morgan fingerprint density at radius 3 is 2.50 bits per heavy atom. The second kappa shape index (κ2) is 8.23. The summed E-state index contributed by atoms with van der Waals surface area (Å²) in [5.41, 5.74) is 1.22. The summed E-state index contributed by atoms with van der Waals surface area (Å²) in [4.78, 5) is 12.5. The molecule has 7 heteroatoms. The van der Waals surface area contributed by atoms with Crippen LogP contribution < -0.4 is 14.8 Å². The predicted octanol–water partition coefficient (Wildman–Crippen LogP) is 3.33. The molecule has 0 unspecified atom stereocenters. The molecular formula is C19H24N2O4S. The fourth-order valence-electron chi connectivity index (χ4n) is 2.40. The van der Waals surface area contributed by atoms with Crippen LogP contribution in [0.3, 0.4) is 0 Å². The Hall–Kier alpha value is -2.54. The summed E-state index contributed by atoms with van der Waals surface area (Å²) in [7, 11) is -2.31. The number of anilines is 1. The van der Waals surface area contributed by atoms with E-state index in [4.69, 9.17) is 4.74 Å². The van der Waals surface area contributed by atoms with Gasteiger partial charge in [-0.05, 0) is 56.2 Å². The van der Waals surface area contributed by atoms with E-state index in [9.17, 15) is 13.2 Å². The monoisotopic (exact) mass is 376 g/mol. The van der Waals surface area contributed by atoms with E-state index in [-0.39, 0.29) is 28.1 Å². The van der Waals surface area contributed by atoms with E-state index in [1.807, 2.05) is 13.8 Å². The van der Waals surface area contributed by atoms with Crippen molar-refractivity contribution in [2.75, 3.05) is 11.8 Å². The van der Waals surface area contributed by atoms with Crippen molar-refractivity contribution < 1.29 is 17.9 Å². The minimum atomic E-state index is -3.84. The van der Waals surface area contributed by atoms with E-state index in [1.54, 1.807) is 37.3 Å². The van der Waals surface area contributed by atoms with Crippen LogP contribution in [-0.4, -0.2) is 27.5 Å². The fourth-order valence-corrected chi connectivity index (χ4v) is 3.56. The lowest BCUT2D eigenvalue weighted by Gasteiger charge is -2.16. The zero-order valence-corrected chi connectivity index (χ0v) is 16.2. The molecule has 0 aromatic heterocycles. The molecule has 1 amide bonds. The van der Waals surface area contributed by atoms with Gasteiger partial charge in [0.1, 0.15) is 5.75 Å². The van der Waals surface area contributed by atoms with Crippen LogP contribution in [0.5, 0.6) is 5.75 Å². The first-order chi connectivity index (χ1) is 12.3. The number of carbonyl (C=O) groups excluding carboxylic acids is 1. The lowest BCUT2D eigenvalue weighted by Crippen LogP contribution is -2.32. The first kappa shape index (κ1) is 19.8. The minimum absolute atomic E-state index is 0.00333. The fraction of sp³-hybridized carbons (Fsp3) is 0.316. The smallest absolute Gasteiger partial charge is 0.261 e. The summed E-state index contributed by atoms with van der Waals surface area (Å²) in [6, 6.07) is 11.1. The number of ether oxygens (including phenoxy) is 1. The van der Waals surface area contributed by atoms with Crippen LogP contribution in [0.25, 0.3) is 0 Å². The molecule has 0 spiro atoms. The Morgan fingerprint density at radius 1 is 1.19 bits per heavy atom. The second-order valence-electron chi connectivity index (χ2n) is 6.07. The molecule has 0 fully saturated rings. The molecule has 0 heterocycles. The quantitative estimate of drug-likeness (QED) is 0.776. The molecular weight excluding hydrogens is 352 g/mol. The molecule has 2 N–H and O–H groups in total. The highest BCUT2D eigenvalue weighted by atomic mass is 32.2. The number of amides is 1. The Bertz CT molecular complexity index is 894. The molecule has 140 valence electrons. The van der Waals surface area contributed by atoms with Crippen molar-refractivity contribution in [3.63, 3.8) is 0 Å². The number of hydrogen-bond donors (Lipinski definition) is 2. The molecule has 2 rings (SSSR count). The number of nitrogens with one attached hydrogen (secondary N) is 2. The maximum atomic E-state index is 12.7. The van der Waals surface area contributed by atoms with E-state index in [1.165, 1.54) is 19.2 Å². The van der Waals surface area contributed by atoms with Crippen LogP contribution in [0.2, 0.25) is 0 Å². The van der Waals surface area contributed by atoms with Crippen LogP contribution in [0, 0.1) is 6.92 Å². The van der Waals surface area contributed by atoms with Crippen LogP contribution >= 0.6 is 0 Å². The summed E-state index contributed by atoms with van der Waals surface area (Å²) in [6.07, 6.45) is 0.782. The van der Waals surface area contributed by atoms with Gasteiger partial charge in [0, 0.05) is 6.04 Å². The number of hydrogen-bond acceptors (Lipinski definition) is 4. The summed E-state index contributed by atoms with van der Waals surface area (Å²) >= 11 is 0. The van der Waals surface area contributed by atoms with Gasteiger partial charge in [0.25, 0.3) is 15.9 Å². The molecule has 6 nitrogen and oxygen atoms in total. The first-order valence-electron chi connectivity index (χ1n) is 8.35. The maximum absolute atomic E-state index is 12.7. The summed E-state index contributed by atoms with van der Waals surface area (Å²) in [6.45, 7) is 5.63. The highest BCUT2D eigenvalue weighted by molar-refractivity contribution is 7.92. The van der Waals surface area contributed by atoms with Gasteiger partial charge in [0.05, 0.1) is 23.3 Å². The van der Waals surface area contributed by atoms with Gasteiger partial charge in [0.2, 0.25) is 0 Å². The summed E-state index contributed by atoms with van der Waals surface area (Å²) in [5, 5.41) is 2.85. The summed E-state index contributed by atoms with van der Waals surface area (Å²) in [5.74, 6) is 0.292. The van der Waals surface area contributed by atoms with E-state index in [0.717, 1.165) is 6.42 Å². The number of sulfonamides is 1. The van der Waals surface area contributed by atoms with Gasteiger partial charge < -0.3 is 10.1 Å². The molecule has 1 atom stereocenters. The Kier molecular flexibility index (Phi) is 6.26. The van der Waals surface area contributed by atoms with Gasteiger partial charge in [0.15, 0.2) is 0 Å². The number of benzene rings is 2. The van der Waals surface area contributed by atoms with E-state index < -0.39 is 10.0 Å². The van der Waals surface area contributed by atoms with Gasteiger partial charge in [-0.25, -0.2) is 8.42 Å². The molecule has 2 aromatic rings. The van der Waals surface area contributed by atoms with Crippen molar-refractivity contribution in [3.8, 4) is 5.75 Å². The number of methoxy groups -OCH3 is 1. The van der Waals surface area contributed by atoms with Gasteiger partial charge in [-0.2, -0.15) is 0 Å². The van der Waals surface area contributed by atoms with Crippen LogP contribution in [0.4, 0.5) is 5.69 Å². The number of carbonyl (C=O) groups is 1. The Balaban J connectivity index is 2.33. The zero-order chi connectivity index (χ0) is 19.3. The van der Waals surface area contributed by atoms with Crippen molar-refractivity contribution >= 4 is 21.6 Å². The van der Waals surface area contributed by atoms with Crippen molar-refractivity contribution in [3.05, 3.63) is 53.6 Å². The van der Waals surface area contributed by atoms with Crippen molar-refractivity contribution in [1.82, 2.24) is 5.32 Å². The molecule has 0 radical (unpaired) electrons. The van der Waals surface area contributed by atoms with Crippen LogP contribution in [0.1, 0.15) is 36.2 Å². The van der Waals surface area contributed by atoms with Gasteiger partial charge in [-0.3, -0.25) is 9.52 Å². The molecule has 0 saturated carbocycles. The largest absolute Gasteiger partial charge is 0.496 e. The predicted molar refractivity (Wildman–Crippen MR) is 102 cm³/mol. The third-order valence-electron chi connectivity index (χ3n) is 4.08. The molecule has 0 aliphatic carbocycles. The molecule has 0 saturated heterocycles. The molecule has 0 bridgehead atoms. The maximum Gasteiger partial charge on any atom is 0.261 e. The van der Waals surface area contributed by atoms with Gasteiger partial charge in [-0.15, -0.1) is 0 Å². The van der Waals surface area contributed by atoms with Crippen LogP contribution in [-0.2, 0) is 10.0 Å². The Labute approximate surface area is 154 Å². The van der Waals surface area contributed by atoms with E-state index in [2.05, 4.69) is 10.0 Å². The topological polar surface area (TPSA) is 84.5 Å². The Morgan fingerprint density at radius 2 is 1.88 bits per heavy atom. The summed E-state index contributed by atoms with van der Waals surface area (Å²) < 4.78 is 33.1. The van der Waals surface area contributed by atoms with Gasteiger partial charge >= 0.3 is 0 Å². The molecule has 2 aromatic carbocycles. The third kappa shape index (κ3) is 4.54. The lowest BCUT2D eigenvalue weighted by molar-refractivity contribution is 0.0940. The minimum Gasteiger partial charge on any atom is -0.496 e. The van der Waals surface area contributed by atoms with Crippen molar-refractivity contribution in [1.29, 1.82) is 0 Å². The van der Waals surface area contributed by atoms with E-state index in [0.29, 0.717) is 11.3 Å². The molecule has 0 aliphatic heterocycles. The first-order valence-corrected chi connectivity index (χ1v) is 9.84. The SMILES string of the molecule is CC[C@H](C)NC(=O)c1ccccc1NS(=O)(=O)c1ccc(OC)c(C)c1. The normalized spacial score (nSPS) is 12.3. The zero-order valence-electron chi connectivity index (χ0n) is 15.4. The lowest BCUT2D eigenvalue weighted by atomic mass is 10.1. The number of rotatable bonds is 7.